The van der Waals surface area contributed by atoms with E-state index in [1.807, 2.05) is 51.1 Å². The number of alkyl carbamates (subject to hydrolysis) is 1. The summed E-state index contributed by atoms with van der Waals surface area (Å²) >= 11 is 0. The van der Waals surface area contributed by atoms with E-state index >= 15 is 0 Å². The van der Waals surface area contributed by atoms with Crippen LogP contribution in [0.25, 0.3) is 11.2 Å². The van der Waals surface area contributed by atoms with Crippen LogP contribution in [0.15, 0.2) is 83.9 Å². The van der Waals surface area contributed by atoms with Gasteiger partial charge in [0.15, 0.2) is 17.2 Å². The summed E-state index contributed by atoms with van der Waals surface area (Å²) in [5, 5.41) is 5.23. The zero-order chi connectivity index (χ0) is 39.8. The molecule has 0 radical (unpaired) electrons. The summed E-state index contributed by atoms with van der Waals surface area (Å²) in [5.74, 6) is -1.92. The number of H-pyrrole nitrogens is 1. The van der Waals surface area contributed by atoms with Gasteiger partial charge in [-0.1, -0.05) is 55.1 Å². The number of para-hydroxylation sites is 1. The molecule has 4 aromatic rings. The SMILES string of the molecule is C=C1C(COC(C)=O)C(OC(=O)[C@H](NC(=O)OC(C)(C)C)c2ccccc2)CC1n1cnc2c(=O)[nH]c(N)nc21.CC(C)(C)OC(=O)Nc1ccccc1. The van der Waals surface area contributed by atoms with Crippen molar-refractivity contribution in [1.29, 1.82) is 0 Å². The molecule has 1 aliphatic carbocycles. The molecular formula is C38H47N7O9. The van der Waals surface area contributed by atoms with E-state index in [4.69, 9.17) is 24.7 Å². The Bertz CT molecular complexity index is 2020. The smallest absolute Gasteiger partial charge is 0.412 e. The summed E-state index contributed by atoms with van der Waals surface area (Å²) < 4.78 is 23.3. The average Bonchev–Trinajstić information content (AvgIpc) is 3.62. The minimum Gasteiger partial charge on any atom is -0.465 e. The number of hydrogen-bond donors (Lipinski definition) is 4. The van der Waals surface area contributed by atoms with Crippen LogP contribution in [-0.2, 0) is 28.5 Å². The first-order valence-electron chi connectivity index (χ1n) is 17.2. The number of amides is 2. The zero-order valence-corrected chi connectivity index (χ0v) is 31.4. The van der Waals surface area contributed by atoms with Crippen LogP contribution in [0.4, 0.5) is 21.2 Å². The van der Waals surface area contributed by atoms with Crippen LogP contribution in [0.1, 0.15) is 72.5 Å². The molecule has 1 saturated carbocycles. The number of benzene rings is 2. The fourth-order valence-electron chi connectivity index (χ4n) is 5.55. The largest absolute Gasteiger partial charge is 0.465 e. The first-order valence-corrected chi connectivity index (χ1v) is 17.2. The minimum atomic E-state index is -1.17. The molecule has 0 aliphatic heterocycles. The lowest BCUT2D eigenvalue weighted by molar-refractivity contribution is -0.155. The molecule has 0 bridgehead atoms. The molecule has 2 aromatic heterocycles. The first-order chi connectivity index (χ1) is 25.3. The van der Waals surface area contributed by atoms with Gasteiger partial charge in [-0.2, -0.15) is 4.98 Å². The molecule has 5 rings (SSSR count). The van der Waals surface area contributed by atoms with E-state index in [9.17, 15) is 24.0 Å². The van der Waals surface area contributed by atoms with Crippen molar-refractivity contribution < 1.29 is 38.1 Å². The Morgan fingerprint density at radius 2 is 1.56 bits per heavy atom. The quantitative estimate of drug-likeness (QED) is 0.0985. The topological polar surface area (TPSA) is 219 Å². The maximum Gasteiger partial charge on any atom is 0.412 e. The van der Waals surface area contributed by atoms with E-state index in [-0.39, 0.29) is 30.1 Å². The van der Waals surface area contributed by atoms with Gasteiger partial charge in [-0.15, -0.1) is 0 Å². The molecule has 0 spiro atoms. The minimum absolute atomic E-state index is 0.0822. The third-order valence-electron chi connectivity index (χ3n) is 7.78. The lowest BCUT2D eigenvalue weighted by atomic mass is 10.0. The molecule has 3 unspecified atom stereocenters. The first kappa shape index (κ1) is 40.6. The Labute approximate surface area is 312 Å². The Morgan fingerprint density at radius 3 is 2.15 bits per heavy atom. The van der Waals surface area contributed by atoms with E-state index in [0.29, 0.717) is 11.1 Å². The number of nitrogen functional groups attached to an aromatic ring is 1. The van der Waals surface area contributed by atoms with Gasteiger partial charge in [0.05, 0.1) is 18.3 Å². The highest BCUT2D eigenvalue weighted by molar-refractivity contribution is 5.85. The summed E-state index contributed by atoms with van der Waals surface area (Å²) in [7, 11) is 0. The van der Waals surface area contributed by atoms with E-state index in [2.05, 4.69) is 32.2 Å². The number of nitrogens with two attached hydrogens (primary N) is 1. The van der Waals surface area contributed by atoms with Crippen molar-refractivity contribution in [1.82, 2.24) is 24.8 Å². The highest BCUT2D eigenvalue weighted by atomic mass is 16.6. The second-order valence-corrected chi connectivity index (χ2v) is 14.5. The third-order valence-corrected chi connectivity index (χ3v) is 7.78. The summed E-state index contributed by atoms with van der Waals surface area (Å²) in [6, 6.07) is 16.1. The van der Waals surface area contributed by atoms with Crippen molar-refractivity contribution in [2.24, 2.45) is 5.92 Å². The van der Waals surface area contributed by atoms with Gasteiger partial charge < -0.3 is 34.6 Å². The van der Waals surface area contributed by atoms with Gasteiger partial charge in [0.1, 0.15) is 23.9 Å². The number of fused-ring (bicyclic) bond motifs is 1. The van der Waals surface area contributed by atoms with E-state index in [1.165, 1.54) is 13.3 Å². The van der Waals surface area contributed by atoms with Crippen LogP contribution in [0, 0.1) is 5.92 Å². The number of esters is 2. The fourth-order valence-corrected chi connectivity index (χ4v) is 5.55. The average molecular weight is 746 g/mol. The lowest BCUT2D eigenvalue weighted by Crippen LogP contribution is -2.40. The molecule has 2 aromatic carbocycles. The number of nitrogens with zero attached hydrogens (tertiary/aromatic N) is 3. The maximum atomic E-state index is 13.6. The normalized spacial score (nSPS) is 17.4. The van der Waals surface area contributed by atoms with Gasteiger partial charge in [-0.05, 0) is 64.8 Å². The van der Waals surface area contributed by atoms with E-state index in [1.54, 1.807) is 55.7 Å². The summed E-state index contributed by atoms with van der Waals surface area (Å²) in [6.07, 6.45) is -0.366. The molecule has 2 heterocycles. The van der Waals surface area contributed by atoms with Crippen LogP contribution in [0.5, 0.6) is 0 Å². The van der Waals surface area contributed by atoms with E-state index in [0.717, 1.165) is 5.69 Å². The second kappa shape index (κ2) is 17.1. The predicted molar refractivity (Wildman–Crippen MR) is 200 cm³/mol. The number of nitrogens with one attached hydrogen (secondary N) is 3. The number of ether oxygens (including phenoxy) is 4. The molecule has 16 heteroatoms. The van der Waals surface area contributed by atoms with Crippen molar-refractivity contribution in [2.45, 2.75) is 84.3 Å². The molecule has 2 amide bonds. The summed E-state index contributed by atoms with van der Waals surface area (Å²) in [5.41, 5.74) is 6.14. The van der Waals surface area contributed by atoms with Crippen molar-refractivity contribution in [2.75, 3.05) is 17.7 Å². The molecular weight excluding hydrogens is 698 g/mol. The van der Waals surface area contributed by atoms with Crippen LogP contribution in [0.2, 0.25) is 0 Å². The van der Waals surface area contributed by atoms with Crippen molar-refractivity contribution in [3.05, 3.63) is 95.1 Å². The molecule has 16 nitrogen and oxygen atoms in total. The Hall–Kier alpha value is -6.19. The van der Waals surface area contributed by atoms with Gasteiger partial charge in [0.2, 0.25) is 5.95 Å². The molecule has 0 saturated heterocycles. The maximum absolute atomic E-state index is 13.6. The predicted octanol–water partition coefficient (Wildman–Crippen LogP) is 5.59. The third kappa shape index (κ3) is 11.4. The molecule has 54 heavy (non-hydrogen) atoms. The Morgan fingerprint density at radius 1 is 0.963 bits per heavy atom. The Balaban J connectivity index is 0.000000390. The van der Waals surface area contributed by atoms with Crippen LogP contribution < -0.4 is 21.9 Å². The molecule has 1 aliphatic rings. The number of hydrogen-bond acceptors (Lipinski definition) is 12. The van der Waals surface area contributed by atoms with Gasteiger partial charge in [0.25, 0.3) is 5.56 Å². The molecule has 1 fully saturated rings. The number of rotatable bonds is 8. The van der Waals surface area contributed by atoms with Crippen LogP contribution >= 0.6 is 0 Å². The van der Waals surface area contributed by atoms with Crippen molar-refractivity contribution in [3.8, 4) is 0 Å². The van der Waals surface area contributed by atoms with Gasteiger partial charge >= 0.3 is 24.1 Å². The molecule has 4 atom stereocenters. The fraction of sp³-hybridized carbons (Fsp3) is 0.395. The van der Waals surface area contributed by atoms with Crippen LogP contribution in [-0.4, -0.2) is 67.6 Å². The van der Waals surface area contributed by atoms with Gasteiger partial charge in [-0.3, -0.25) is 19.9 Å². The van der Waals surface area contributed by atoms with Gasteiger partial charge in [-0.25, -0.2) is 19.4 Å². The molecule has 5 N–H and O–H groups in total. The number of carbonyl (C=O) groups excluding carboxylic acids is 4. The van der Waals surface area contributed by atoms with E-state index < -0.39 is 65.0 Å². The number of aromatic amines is 1. The standard InChI is InChI=1S/C27H32N6O7.C11H15NO2/c1-14-17(12-38-15(2)34)19(11-18(14)33-13-29-21-22(33)31-25(28)32-23(21)35)39-24(36)20(16-9-7-6-8-10-16)30-26(37)40-27(3,4)5;1-11(2,3)14-10(13)12-9-7-5-4-6-8-9/h6-10,13,17-20H,1,11-12H2,2-5H3,(H,30,37)(H3,28,31,32,35);4-8H,1-3H3,(H,12,13)/t17?,18?,19?,20-;/m1./s1. The highest BCUT2D eigenvalue weighted by Gasteiger charge is 2.43. The van der Waals surface area contributed by atoms with Crippen LogP contribution in [0.3, 0.4) is 0 Å². The monoisotopic (exact) mass is 745 g/mol. The highest BCUT2D eigenvalue weighted by Crippen LogP contribution is 2.42. The number of imidazole rings is 1. The van der Waals surface area contributed by atoms with Crippen molar-refractivity contribution >= 4 is 46.9 Å². The second-order valence-electron chi connectivity index (χ2n) is 14.5. The Kier molecular flexibility index (Phi) is 12.8. The van der Waals surface area contributed by atoms with Gasteiger partial charge in [0, 0.05) is 19.0 Å². The lowest BCUT2D eigenvalue weighted by Gasteiger charge is -2.25. The number of aromatic nitrogens is 4. The summed E-state index contributed by atoms with van der Waals surface area (Å²) in [6.45, 7) is 16.0. The number of anilines is 2. The number of carbonyl (C=O) groups is 4. The molecule has 288 valence electrons. The van der Waals surface area contributed by atoms with Crippen molar-refractivity contribution in [3.63, 3.8) is 0 Å². The zero-order valence-electron chi connectivity index (χ0n) is 31.4. The summed E-state index contributed by atoms with van der Waals surface area (Å²) in [4.78, 5) is 72.2.